The molecule has 2 unspecified atom stereocenters. The van der Waals surface area contributed by atoms with Crippen molar-refractivity contribution in [2.45, 2.75) is 26.0 Å². The number of pyridine rings is 1. The summed E-state index contributed by atoms with van der Waals surface area (Å²) in [5.74, 6) is 0. The molecule has 120 valence electrons. The van der Waals surface area contributed by atoms with Crippen molar-refractivity contribution in [3.8, 4) is 10.6 Å². The third-order valence-electron chi connectivity index (χ3n) is 3.37. The van der Waals surface area contributed by atoms with Gasteiger partial charge in [0.05, 0.1) is 11.8 Å². The molecule has 0 radical (unpaired) electrons. The number of aliphatic hydroxyl groups is 1. The van der Waals surface area contributed by atoms with Crippen LogP contribution in [0.15, 0.2) is 24.5 Å². The summed E-state index contributed by atoms with van der Waals surface area (Å²) in [5.41, 5.74) is 2.08. The van der Waals surface area contributed by atoms with E-state index in [4.69, 9.17) is 0 Å². The highest BCUT2D eigenvalue weighted by Gasteiger charge is 2.16. The van der Waals surface area contributed by atoms with Crippen molar-refractivity contribution in [1.29, 1.82) is 0 Å². The fourth-order valence-corrected chi connectivity index (χ4v) is 3.40. The lowest BCUT2D eigenvalue weighted by Crippen LogP contribution is -2.36. The molecule has 6 heteroatoms. The lowest BCUT2D eigenvalue weighted by atomic mass is 10.2. The number of thiazole rings is 1. The van der Waals surface area contributed by atoms with Gasteiger partial charge in [-0.25, -0.2) is 4.98 Å². The zero-order valence-electron chi connectivity index (χ0n) is 13.6. The summed E-state index contributed by atoms with van der Waals surface area (Å²) >= 11 is 1.68. The molecule has 0 saturated heterocycles. The van der Waals surface area contributed by atoms with Crippen LogP contribution in [0.3, 0.4) is 0 Å². The lowest BCUT2D eigenvalue weighted by Gasteiger charge is -2.19. The predicted octanol–water partition coefficient (Wildman–Crippen LogP) is 2.09. The number of nitrogens with one attached hydrogen (secondary N) is 1. The standard InChI is InChI=1S/C16H24N4OS/c1-11(18-9-14(21)10-20(3)4)15-12(2)19-16(22-15)13-6-5-7-17-8-13/h5-8,11,14,18,21H,9-10H2,1-4H3. The first-order chi connectivity index (χ1) is 10.5. The first-order valence-corrected chi connectivity index (χ1v) is 8.23. The van der Waals surface area contributed by atoms with Gasteiger partial charge in [0, 0.05) is 42.0 Å². The van der Waals surface area contributed by atoms with Gasteiger partial charge in [0.15, 0.2) is 0 Å². The van der Waals surface area contributed by atoms with Gasteiger partial charge in [-0.3, -0.25) is 4.98 Å². The van der Waals surface area contributed by atoms with E-state index in [1.165, 1.54) is 4.88 Å². The number of nitrogens with zero attached hydrogens (tertiary/aromatic N) is 3. The van der Waals surface area contributed by atoms with E-state index in [1.807, 2.05) is 44.2 Å². The molecule has 22 heavy (non-hydrogen) atoms. The Kier molecular flexibility index (Phi) is 6.02. The van der Waals surface area contributed by atoms with Crippen molar-refractivity contribution in [3.63, 3.8) is 0 Å². The van der Waals surface area contributed by atoms with Gasteiger partial charge in [-0.15, -0.1) is 11.3 Å². The Bertz CT molecular complexity index is 585. The zero-order valence-corrected chi connectivity index (χ0v) is 14.4. The molecular weight excluding hydrogens is 296 g/mol. The van der Waals surface area contributed by atoms with Crippen LogP contribution in [0.1, 0.15) is 23.5 Å². The van der Waals surface area contributed by atoms with Crippen LogP contribution >= 0.6 is 11.3 Å². The largest absolute Gasteiger partial charge is 0.390 e. The molecule has 0 aliphatic rings. The van der Waals surface area contributed by atoms with Crippen LogP contribution in [0.25, 0.3) is 10.6 Å². The quantitative estimate of drug-likeness (QED) is 0.818. The molecule has 0 aliphatic carbocycles. The first-order valence-electron chi connectivity index (χ1n) is 7.41. The lowest BCUT2D eigenvalue weighted by molar-refractivity contribution is 0.132. The Hall–Kier alpha value is -1.34. The fourth-order valence-electron chi connectivity index (χ4n) is 2.31. The Morgan fingerprint density at radius 1 is 1.41 bits per heavy atom. The van der Waals surface area contributed by atoms with Crippen LogP contribution in [0.4, 0.5) is 0 Å². The van der Waals surface area contributed by atoms with Gasteiger partial charge >= 0.3 is 0 Å². The number of hydrogen-bond acceptors (Lipinski definition) is 6. The van der Waals surface area contributed by atoms with Crippen molar-refractivity contribution in [3.05, 3.63) is 35.1 Å². The molecule has 2 N–H and O–H groups in total. The normalized spacial score (nSPS) is 14.3. The van der Waals surface area contributed by atoms with Crippen molar-refractivity contribution < 1.29 is 5.11 Å². The van der Waals surface area contributed by atoms with E-state index < -0.39 is 0 Å². The molecule has 0 spiro atoms. The van der Waals surface area contributed by atoms with Crippen molar-refractivity contribution in [1.82, 2.24) is 20.2 Å². The van der Waals surface area contributed by atoms with Gasteiger partial charge < -0.3 is 15.3 Å². The van der Waals surface area contributed by atoms with E-state index in [9.17, 15) is 5.11 Å². The van der Waals surface area contributed by atoms with Crippen molar-refractivity contribution >= 4 is 11.3 Å². The van der Waals surface area contributed by atoms with Gasteiger partial charge in [0.2, 0.25) is 0 Å². The van der Waals surface area contributed by atoms with Crippen LogP contribution in [0.2, 0.25) is 0 Å². The van der Waals surface area contributed by atoms with Crippen LogP contribution in [0, 0.1) is 6.92 Å². The highest BCUT2D eigenvalue weighted by Crippen LogP contribution is 2.31. The third-order valence-corrected chi connectivity index (χ3v) is 4.76. The van der Waals surface area contributed by atoms with Crippen molar-refractivity contribution in [2.75, 3.05) is 27.2 Å². The van der Waals surface area contributed by atoms with E-state index in [0.29, 0.717) is 13.1 Å². The van der Waals surface area contributed by atoms with Gasteiger partial charge in [0.25, 0.3) is 0 Å². The number of likely N-dealkylation sites (N-methyl/N-ethyl adjacent to an activating group) is 1. The summed E-state index contributed by atoms with van der Waals surface area (Å²) < 4.78 is 0. The molecular formula is C16H24N4OS. The van der Waals surface area contributed by atoms with Crippen LogP contribution < -0.4 is 5.32 Å². The van der Waals surface area contributed by atoms with E-state index in [-0.39, 0.29) is 12.1 Å². The summed E-state index contributed by atoms with van der Waals surface area (Å²) in [4.78, 5) is 12.0. The van der Waals surface area contributed by atoms with Crippen LogP contribution in [-0.2, 0) is 0 Å². The number of rotatable bonds is 7. The molecule has 0 bridgehead atoms. The van der Waals surface area contributed by atoms with E-state index >= 15 is 0 Å². The average Bonchev–Trinajstić information content (AvgIpc) is 2.87. The maximum absolute atomic E-state index is 9.94. The number of aliphatic hydroxyl groups excluding tert-OH is 1. The molecule has 0 amide bonds. The van der Waals surface area contributed by atoms with Gasteiger partial charge in [-0.1, -0.05) is 0 Å². The minimum Gasteiger partial charge on any atom is -0.390 e. The van der Waals surface area contributed by atoms with Crippen LogP contribution in [-0.4, -0.2) is 53.3 Å². The summed E-state index contributed by atoms with van der Waals surface area (Å²) in [6.45, 7) is 5.36. The van der Waals surface area contributed by atoms with Crippen molar-refractivity contribution in [2.24, 2.45) is 0 Å². The van der Waals surface area contributed by atoms with Crippen LogP contribution in [0.5, 0.6) is 0 Å². The third kappa shape index (κ3) is 4.58. The van der Waals surface area contributed by atoms with E-state index in [2.05, 4.69) is 22.2 Å². The SMILES string of the molecule is Cc1nc(-c2cccnc2)sc1C(C)NCC(O)CN(C)C. The molecule has 2 atom stereocenters. The molecule has 5 nitrogen and oxygen atoms in total. The maximum Gasteiger partial charge on any atom is 0.125 e. The molecule has 0 saturated carbocycles. The second-order valence-corrected chi connectivity index (χ2v) is 6.79. The highest BCUT2D eigenvalue weighted by atomic mass is 32.1. The predicted molar refractivity (Wildman–Crippen MR) is 91.1 cm³/mol. The Balaban J connectivity index is 2.01. The molecule has 2 heterocycles. The zero-order chi connectivity index (χ0) is 16.1. The Morgan fingerprint density at radius 2 is 2.18 bits per heavy atom. The van der Waals surface area contributed by atoms with E-state index in [1.54, 1.807) is 17.5 Å². The Morgan fingerprint density at radius 3 is 2.82 bits per heavy atom. The molecule has 0 aromatic carbocycles. The fraction of sp³-hybridized carbons (Fsp3) is 0.500. The molecule has 0 fully saturated rings. The maximum atomic E-state index is 9.94. The molecule has 0 aliphatic heterocycles. The minimum absolute atomic E-state index is 0.166. The minimum atomic E-state index is -0.372. The number of aromatic nitrogens is 2. The smallest absolute Gasteiger partial charge is 0.125 e. The second kappa shape index (κ2) is 7.78. The Labute approximate surface area is 136 Å². The molecule has 2 aromatic rings. The topological polar surface area (TPSA) is 61.3 Å². The summed E-state index contributed by atoms with van der Waals surface area (Å²) in [6, 6.07) is 4.11. The monoisotopic (exact) mass is 320 g/mol. The number of aryl methyl sites for hydroxylation is 1. The summed E-state index contributed by atoms with van der Waals surface area (Å²) in [7, 11) is 3.92. The first kappa shape index (κ1) is 17.0. The van der Waals surface area contributed by atoms with Gasteiger partial charge in [0.1, 0.15) is 5.01 Å². The van der Waals surface area contributed by atoms with Gasteiger partial charge in [-0.05, 0) is 40.1 Å². The second-order valence-electron chi connectivity index (χ2n) is 5.76. The summed E-state index contributed by atoms with van der Waals surface area (Å²) in [5, 5.41) is 14.3. The molecule has 2 rings (SSSR count). The van der Waals surface area contributed by atoms with E-state index in [0.717, 1.165) is 16.3 Å². The highest BCUT2D eigenvalue weighted by molar-refractivity contribution is 7.15. The molecule has 2 aromatic heterocycles. The summed E-state index contributed by atoms with van der Waals surface area (Å²) in [6.07, 6.45) is 3.23. The van der Waals surface area contributed by atoms with Gasteiger partial charge in [-0.2, -0.15) is 0 Å². The average molecular weight is 320 g/mol. The number of hydrogen-bond donors (Lipinski definition) is 2.